The maximum Gasteiger partial charge on any atom is 0.117 e. The van der Waals surface area contributed by atoms with Gasteiger partial charge in [0.15, 0.2) is 0 Å². The van der Waals surface area contributed by atoms with Gasteiger partial charge in [-0.15, -0.1) is 6.42 Å². The lowest BCUT2D eigenvalue weighted by Gasteiger charge is -2.11. The Kier molecular flexibility index (Phi) is 9.25. The Bertz CT molecular complexity index is 125. The Hall–Kier alpha value is -0.480. The monoisotopic (exact) mass is 182 g/mol. The van der Waals surface area contributed by atoms with Crippen LogP contribution in [0.15, 0.2) is 0 Å². The molecule has 0 aliphatic carbocycles. The number of rotatable bonds is 8. The van der Waals surface area contributed by atoms with Gasteiger partial charge in [0.1, 0.15) is 6.10 Å². The van der Waals surface area contributed by atoms with Crippen molar-refractivity contribution >= 4 is 0 Å². The minimum atomic E-state index is 0.0538. The Morgan fingerprint density at radius 1 is 1.15 bits per heavy atom. The largest absolute Gasteiger partial charge is 0.366 e. The smallest absolute Gasteiger partial charge is 0.117 e. The predicted octanol–water partition coefficient (Wildman–Crippen LogP) is 3.39. The molecule has 0 saturated carbocycles. The summed E-state index contributed by atoms with van der Waals surface area (Å²) in [5.41, 5.74) is 0. The van der Waals surface area contributed by atoms with E-state index in [1.54, 1.807) is 0 Å². The Morgan fingerprint density at radius 3 is 2.38 bits per heavy atom. The van der Waals surface area contributed by atoms with Crippen molar-refractivity contribution in [2.45, 2.75) is 58.5 Å². The molecule has 0 aromatic heterocycles. The number of hydrogen-bond acceptors (Lipinski definition) is 1. The van der Waals surface area contributed by atoms with Gasteiger partial charge >= 0.3 is 0 Å². The van der Waals surface area contributed by atoms with E-state index < -0.39 is 0 Å². The lowest BCUT2D eigenvalue weighted by molar-refractivity contribution is 0.0818. The van der Waals surface area contributed by atoms with Crippen molar-refractivity contribution in [2.24, 2.45) is 0 Å². The standard InChI is InChI=1S/C12H22O/c1-4-7-9-10-12(6-3)13-11-8-5-2/h3,12H,4-5,7-11H2,1-2H3. The Balaban J connectivity index is 3.36. The van der Waals surface area contributed by atoms with Crippen LogP contribution < -0.4 is 0 Å². The van der Waals surface area contributed by atoms with Crippen molar-refractivity contribution in [1.82, 2.24) is 0 Å². The van der Waals surface area contributed by atoms with Crippen LogP contribution in [0.25, 0.3) is 0 Å². The van der Waals surface area contributed by atoms with Crippen molar-refractivity contribution in [3.63, 3.8) is 0 Å². The fourth-order valence-electron chi connectivity index (χ4n) is 1.16. The lowest BCUT2D eigenvalue weighted by atomic mass is 10.1. The van der Waals surface area contributed by atoms with Crippen molar-refractivity contribution in [3.8, 4) is 12.3 Å². The first-order chi connectivity index (χ1) is 6.35. The van der Waals surface area contributed by atoms with Gasteiger partial charge in [-0.2, -0.15) is 0 Å². The van der Waals surface area contributed by atoms with Gasteiger partial charge in [0.2, 0.25) is 0 Å². The normalized spacial score (nSPS) is 12.4. The first-order valence-electron chi connectivity index (χ1n) is 5.42. The minimum absolute atomic E-state index is 0.0538. The van der Waals surface area contributed by atoms with Crippen molar-refractivity contribution in [2.75, 3.05) is 6.61 Å². The van der Waals surface area contributed by atoms with Crippen LogP contribution in [0.4, 0.5) is 0 Å². The van der Waals surface area contributed by atoms with Crippen molar-refractivity contribution in [1.29, 1.82) is 0 Å². The average Bonchev–Trinajstić information content (AvgIpc) is 2.16. The van der Waals surface area contributed by atoms with E-state index in [0.29, 0.717) is 0 Å². The molecule has 1 heteroatoms. The van der Waals surface area contributed by atoms with E-state index in [0.717, 1.165) is 19.4 Å². The molecular weight excluding hydrogens is 160 g/mol. The fourth-order valence-corrected chi connectivity index (χ4v) is 1.16. The van der Waals surface area contributed by atoms with E-state index in [4.69, 9.17) is 11.2 Å². The highest BCUT2D eigenvalue weighted by molar-refractivity contribution is 4.94. The summed E-state index contributed by atoms with van der Waals surface area (Å²) in [5, 5.41) is 0. The molecule has 0 amide bonds. The van der Waals surface area contributed by atoms with Gasteiger partial charge in [-0.3, -0.25) is 0 Å². The second kappa shape index (κ2) is 9.61. The van der Waals surface area contributed by atoms with Gasteiger partial charge in [0.05, 0.1) is 0 Å². The molecule has 1 unspecified atom stereocenters. The molecule has 0 fully saturated rings. The molecule has 0 aromatic rings. The SMILES string of the molecule is C#CC(CCCCC)OCCCC. The van der Waals surface area contributed by atoms with Crippen LogP contribution in [0.3, 0.4) is 0 Å². The van der Waals surface area contributed by atoms with Crippen LogP contribution in [-0.2, 0) is 4.74 Å². The third kappa shape index (κ3) is 7.87. The molecule has 0 rings (SSSR count). The molecule has 0 N–H and O–H groups in total. The molecule has 0 heterocycles. The highest BCUT2D eigenvalue weighted by Gasteiger charge is 2.03. The molecule has 0 saturated heterocycles. The van der Waals surface area contributed by atoms with Gasteiger partial charge < -0.3 is 4.74 Å². The lowest BCUT2D eigenvalue weighted by Crippen LogP contribution is -2.11. The van der Waals surface area contributed by atoms with E-state index in [2.05, 4.69) is 19.8 Å². The molecule has 13 heavy (non-hydrogen) atoms. The molecule has 0 radical (unpaired) electrons. The molecular formula is C12H22O. The van der Waals surface area contributed by atoms with Crippen LogP contribution in [0.1, 0.15) is 52.4 Å². The molecule has 1 nitrogen and oxygen atoms in total. The molecule has 0 spiro atoms. The average molecular weight is 182 g/mol. The molecule has 0 aliphatic heterocycles. The summed E-state index contributed by atoms with van der Waals surface area (Å²) in [6.07, 6.45) is 12.4. The molecule has 0 bridgehead atoms. The number of unbranched alkanes of at least 4 members (excludes halogenated alkanes) is 3. The van der Waals surface area contributed by atoms with Gasteiger partial charge in [0.25, 0.3) is 0 Å². The summed E-state index contributed by atoms with van der Waals surface area (Å²) in [4.78, 5) is 0. The zero-order valence-corrected chi connectivity index (χ0v) is 9.01. The van der Waals surface area contributed by atoms with Crippen LogP contribution in [0, 0.1) is 12.3 Å². The fraction of sp³-hybridized carbons (Fsp3) is 0.833. The highest BCUT2D eigenvalue weighted by atomic mass is 16.5. The zero-order chi connectivity index (χ0) is 9.94. The minimum Gasteiger partial charge on any atom is -0.366 e. The van der Waals surface area contributed by atoms with Crippen LogP contribution in [-0.4, -0.2) is 12.7 Å². The summed E-state index contributed by atoms with van der Waals surface area (Å²) < 4.78 is 5.54. The second-order valence-corrected chi connectivity index (χ2v) is 3.38. The van der Waals surface area contributed by atoms with Gasteiger partial charge in [-0.05, 0) is 19.3 Å². The van der Waals surface area contributed by atoms with Crippen LogP contribution in [0.2, 0.25) is 0 Å². The third-order valence-corrected chi connectivity index (χ3v) is 2.07. The maximum atomic E-state index is 5.54. The highest BCUT2D eigenvalue weighted by Crippen LogP contribution is 2.06. The first kappa shape index (κ1) is 12.5. The quantitative estimate of drug-likeness (QED) is 0.413. The van der Waals surface area contributed by atoms with E-state index in [1.165, 1.54) is 25.7 Å². The van der Waals surface area contributed by atoms with E-state index >= 15 is 0 Å². The zero-order valence-electron chi connectivity index (χ0n) is 9.01. The van der Waals surface area contributed by atoms with Gasteiger partial charge in [0, 0.05) is 6.61 Å². The Morgan fingerprint density at radius 2 is 1.85 bits per heavy atom. The first-order valence-corrected chi connectivity index (χ1v) is 5.42. The van der Waals surface area contributed by atoms with E-state index in [-0.39, 0.29) is 6.10 Å². The topological polar surface area (TPSA) is 9.23 Å². The molecule has 1 atom stereocenters. The summed E-state index contributed by atoms with van der Waals surface area (Å²) in [6, 6.07) is 0. The molecule has 0 aromatic carbocycles. The summed E-state index contributed by atoms with van der Waals surface area (Å²) >= 11 is 0. The van der Waals surface area contributed by atoms with Crippen LogP contribution in [0.5, 0.6) is 0 Å². The maximum absolute atomic E-state index is 5.54. The third-order valence-electron chi connectivity index (χ3n) is 2.07. The van der Waals surface area contributed by atoms with Gasteiger partial charge in [-0.25, -0.2) is 0 Å². The Labute approximate surface area is 82.9 Å². The van der Waals surface area contributed by atoms with E-state index in [1.807, 2.05) is 0 Å². The molecule has 76 valence electrons. The summed E-state index contributed by atoms with van der Waals surface area (Å²) in [5.74, 6) is 2.70. The number of hydrogen-bond donors (Lipinski definition) is 0. The van der Waals surface area contributed by atoms with Crippen LogP contribution >= 0.6 is 0 Å². The second-order valence-electron chi connectivity index (χ2n) is 3.38. The van der Waals surface area contributed by atoms with Crippen molar-refractivity contribution in [3.05, 3.63) is 0 Å². The van der Waals surface area contributed by atoms with Gasteiger partial charge in [-0.1, -0.05) is 39.0 Å². The van der Waals surface area contributed by atoms with Crippen molar-refractivity contribution < 1.29 is 4.74 Å². The molecule has 0 aliphatic rings. The number of ether oxygens (including phenoxy) is 1. The predicted molar refractivity (Wildman–Crippen MR) is 57.6 cm³/mol. The summed E-state index contributed by atoms with van der Waals surface area (Å²) in [7, 11) is 0. The van der Waals surface area contributed by atoms with E-state index in [9.17, 15) is 0 Å². The summed E-state index contributed by atoms with van der Waals surface area (Å²) in [6.45, 7) is 5.17. The number of terminal acetylenes is 1.